The molecule has 0 aromatic heterocycles. The van der Waals surface area contributed by atoms with Gasteiger partial charge in [-0.15, -0.1) is 0 Å². The lowest BCUT2D eigenvalue weighted by atomic mass is 9.79. The summed E-state index contributed by atoms with van der Waals surface area (Å²) in [6.07, 6.45) is 0.363. The number of amides is 1. The van der Waals surface area contributed by atoms with Gasteiger partial charge in [0, 0.05) is 17.7 Å². The van der Waals surface area contributed by atoms with Gasteiger partial charge in [0.25, 0.3) is 5.91 Å². The molecule has 2 heterocycles. The summed E-state index contributed by atoms with van der Waals surface area (Å²) in [7, 11) is 0. The van der Waals surface area contributed by atoms with Crippen LogP contribution in [0.25, 0.3) is 0 Å². The number of nitrogens with zero attached hydrogens (tertiary/aromatic N) is 2. The number of hydrogen-bond donors (Lipinski definition) is 0. The van der Waals surface area contributed by atoms with Gasteiger partial charge in [-0.1, -0.05) is 78.9 Å². The van der Waals surface area contributed by atoms with Gasteiger partial charge >= 0.3 is 5.97 Å². The minimum atomic E-state index is -1.30. The van der Waals surface area contributed by atoms with Crippen LogP contribution in [0.3, 0.4) is 0 Å². The van der Waals surface area contributed by atoms with E-state index in [1.54, 1.807) is 11.8 Å². The lowest BCUT2D eigenvalue weighted by molar-refractivity contribution is -0.152. The average molecular weight is 425 g/mol. The lowest BCUT2D eigenvalue weighted by Crippen LogP contribution is -2.45. The van der Waals surface area contributed by atoms with E-state index >= 15 is 0 Å². The number of carbonyl (C=O) groups excluding carboxylic acids is 2. The molecule has 160 valence electrons. The Morgan fingerprint density at radius 1 is 1.00 bits per heavy atom. The molecule has 0 unspecified atom stereocenters. The molecule has 0 saturated carbocycles. The fraction of sp³-hybridized carbons (Fsp3) is 0.222. The van der Waals surface area contributed by atoms with Gasteiger partial charge in [0.15, 0.2) is 5.54 Å². The van der Waals surface area contributed by atoms with Crippen molar-refractivity contribution in [3.63, 3.8) is 0 Å². The molecule has 2 aliphatic rings. The zero-order valence-corrected chi connectivity index (χ0v) is 17.9. The zero-order valence-electron chi connectivity index (χ0n) is 17.9. The van der Waals surface area contributed by atoms with Crippen LogP contribution in [-0.4, -0.2) is 24.2 Å². The molecule has 1 spiro atoms. The van der Waals surface area contributed by atoms with E-state index in [2.05, 4.69) is 0 Å². The van der Waals surface area contributed by atoms with Gasteiger partial charge in [0.05, 0.1) is 18.8 Å². The summed E-state index contributed by atoms with van der Waals surface area (Å²) in [6, 6.07) is 27.3. The van der Waals surface area contributed by atoms with Crippen molar-refractivity contribution in [1.82, 2.24) is 0 Å². The topological polar surface area (TPSA) is 59.0 Å². The quantitative estimate of drug-likeness (QED) is 0.567. The Bertz CT molecular complexity index is 1190. The summed E-state index contributed by atoms with van der Waals surface area (Å²) in [6.45, 7) is 2.46. The summed E-state index contributed by atoms with van der Waals surface area (Å²) in [5.74, 6) is -1.26. The smallest absolute Gasteiger partial charge is 0.312 e. The Balaban J connectivity index is 1.66. The van der Waals surface area contributed by atoms with Crippen LogP contribution in [0.2, 0.25) is 0 Å². The SMILES string of the molecule is CCOC(=O)[C@H]1CC(c2ccccc2)=N[C@]12C(=O)N(Cc1ccccc1)c1ccccc12. The molecular formula is C27H24N2O3. The van der Waals surface area contributed by atoms with E-state index in [0.29, 0.717) is 13.0 Å². The van der Waals surface area contributed by atoms with Crippen LogP contribution < -0.4 is 4.90 Å². The molecule has 3 aromatic rings. The van der Waals surface area contributed by atoms with E-state index in [9.17, 15) is 9.59 Å². The fourth-order valence-corrected chi connectivity index (χ4v) is 4.82. The molecule has 0 fully saturated rings. The summed E-state index contributed by atoms with van der Waals surface area (Å²) in [5.41, 5.74) is 2.96. The molecule has 5 nitrogen and oxygen atoms in total. The Morgan fingerprint density at radius 3 is 2.38 bits per heavy atom. The Hall–Kier alpha value is -3.73. The fourth-order valence-electron chi connectivity index (χ4n) is 4.82. The first kappa shape index (κ1) is 20.2. The van der Waals surface area contributed by atoms with Gasteiger partial charge in [-0.3, -0.25) is 14.6 Å². The van der Waals surface area contributed by atoms with Gasteiger partial charge in [-0.25, -0.2) is 0 Å². The van der Waals surface area contributed by atoms with Crippen molar-refractivity contribution in [3.05, 3.63) is 102 Å². The molecule has 0 aliphatic carbocycles. The molecular weight excluding hydrogens is 400 g/mol. The van der Waals surface area contributed by atoms with Crippen molar-refractivity contribution in [3.8, 4) is 0 Å². The predicted molar refractivity (Wildman–Crippen MR) is 123 cm³/mol. The number of aliphatic imine (C=N–C) groups is 1. The first-order valence-corrected chi connectivity index (χ1v) is 10.9. The second kappa shape index (κ2) is 8.08. The number of ether oxygens (including phenoxy) is 1. The highest BCUT2D eigenvalue weighted by Crippen LogP contribution is 2.52. The molecule has 0 radical (unpaired) electrons. The van der Waals surface area contributed by atoms with Crippen LogP contribution in [0.15, 0.2) is 89.9 Å². The highest BCUT2D eigenvalue weighted by molar-refractivity contribution is 6.16. The minimum Gasteiger partial charge on any atom is -0.466 e. The Labute approximate surface area is 187 Å². The van der Waals surface area contributed by atoms with Crippen LogP contribution in [0.4, 0.5) is 5.69 Å². The number of carbonyl (C=O) groups is 2. The highest BCUT2D eigenvalue weighted by Gasteiger charge is 2.61. The van der Waals surface area contributed by atoms with Crippen molar-refractivity contribution in [2.45, 2.75) is 25.4 Å². The maximum Gasteiger partial charge on any atom is 0.312 e. The van der Waals surface area contributed by atoms with Gasteiger partial charge in [-0.05, 0) is 24.1 Å². The molecule has 2 atom stereocenters. The number of para-hydroxylation sites is 1. The summed E-state index contributed by atoms with van der Waals surface area (Å²) < 4.78 is 5.43. The molecule has 0 N–H and O–H groups in total. The van der Waals surface area contributed by atoms with E-state index in [4.69, 9.17) is 9.73 Å². The van der Waals surface area contributed by atoms with E-state index in [1.807, 2.05) is 84.9 Å². The highest BCUT2D eigenvalue weighted by atomic mass is 16.5. The molecule has 1 amide bonds. The number of benzene rings is 3. The van der Waals surface area contributed by atoms with Crippen molar-refractivity contribution in [2.24, 2.45) is 10.9 Å². The van der Waals surface area contributed by atoms with Crippen LogP contribution >= 0.6 is 0 Å². The third kappa shape index (κ3) is 3.12. The van der Waals surface area contributed by atoms with Crippen molar-refractivity contribution in [1.29, 1.82) is 0 Å². The average Bonchev–Trinajstić information content (AvgIpc) is 3.34. The number of fused-ring (bicyclic) bond motifs is 2. The lowest BCUT2D eigenvalue weighted by Gasteiger charge is -2.27. The molecule has 5 rings (SSSR count). The van der Waals surface area contributed by atoms with Crippen molar-refractivity contribution < 1.29 is 14.3 Å². The number of esters is 1. The third-order valence-corrected chi connectivity index (χ3v) is 6.25. The summed E-state index contributed by atoms with van der Waals surface area (Å²) in [5, 5.41) is 0. The first-order chi connectivity index (χ1) is 15.6. The number of rotatable bonds is 5. The molecule has 3 aromatic carbocycles. The predicted octanol–water partition coefficient (Wildman–Crippen LogP) is 4.50. The molecule has 5 heteroatoms. The third-order valence-electron chi connectivity index (χ3n) is 6.25. The number of hydrogen-bond acceptors (Lipinski definition) is 4. The Kier molecular flexibility index (Phi) is 5.10. The van der Waals surface area contributed by atoms with Crippen LogP contribution in [0.5, 0.6) is 0 Å². The number of anilines is 1. The van der Waals surface area contributed by atoms with Gasteiger partial charge in [0.1, 0.15) is 5.92 Å². The molecule has 2 aliphatic heterocycles. The molecule has 0 saturated heterocycles. The normalized spacial score (nSPS) is 21.5. The second-order valence-electron chi connectivity index (χ2n) is 8.09. The molecule has 32 heavy (non-hydrogen) atoms. The van der Waals surface area contributed by atoms with E-state index < -0.39 is 11.5 Å². The largest absolute Gasteiger partial charge is 0.466 e. The monoisotopic (exact) mass is 424 g/mol. The van der Waals surface area contributed by atoms with Crippen molar-refractivity contribution in [2.75, 3.05) is 11.5 Å². The van der Waals surface area contributed by atoms with E-state index in [-0.39, 0.29) is 18.5 Å². The second-order valence-corrected chi connectivity index (χ2v) is 8.09. The van der Waals surface area contributed by atoms with Crippen LogP contribution in [0, 0.1) is 5.92 Å². The van der Waals surface area contributed by atoms with Crippen LogP contribution in [0.1, 0.15) is 30.0 Å². The van der Waals surface area contributed by atoms with E-state index in [0.717, 1.165) is 28.1 Å². The first-order valence-electron chi connectivity index (χ1n) is 10.9. The van der Waals surface area contributed by atoms with Crippen LogP contribution in [-0.2, 0) is 26.4 Å². The van der Waals surface area contributed by atoms with Gasteiger partial charge in [-0.2, -0.15) is 0 Å². The maximum atomic E-state index is 14.1. The van der Waals surface area contributed by atoms with Gasteiger partial charge in [0.2, 0.25) is 0 Å². The maximum absolute atomic E-state index is 14.1. The summed E-state index contributed by atoms with van der Waals surface area (Å²) >= 11 is 0. The van der Waals surface area contributed by atoms with E-state index in [1.165, 1.54) is 0 Å². The van der Waals surface area contributed by atoms with Gasteiger partial charge < -0.3 is 9.64 Å². The molecule has 0 bridgehead atoms. The van der Waals surface area contributed by atoms with Crippen molar-refractivity contribution >= 4 is 23.3 Å². The zero-order chi connectivity index (χ0) is 22.1. The summed E-state index contributed by atoms with van der Waals surface area (Å²) in [4.78, 5) is 34.0. The minimum absolute atomic E-state index is 0.175. The Morgan fingerprint density at radius 2 is 1.66 bits per heavy atom. The standard InChI is InChI=1S/C27H24N2O3/c1-2-32-25(30)22-17-23(20-13-7-4-8-14-20)28-27(22)21-15-9-10-16-24(21)29(26(27)31)18-19-11-5-3-6-12-19/h3-16,22H,2,17-18H2,1H3/t22-,27+/m1/s1.